The summed E-state index contributed by atoms with van der Waals surface area (Å²) in [7, 11) is 0. The Morgan fingerprint density at radius 2 is 2.00 bits per heavy atom. The second-order valence-corrected chi connectivity index (χ2v) is 6.70. The molecule has 0 radical (unpaired) electrons. The van der Waals surface area contributed by atoms with Gasteiger partial charge in [0.2, 0.25) is 5.91 Å². The molecule has 2 atom stereocenters. The quantitative estimate of drug-likeness (QED) is 0.805. The molecular weight excluding hydrogens is 310 g/mol. The molecule has 0 bridgehead atoms. The van der Waals surface area contributed by atoms with Gasteiger partial charge in [-0.2, -0.15) is 0 Å². The molecule has 3 amide bonds. The highest BCUT2D eigenvalue weighted by atomic mass is 32.1. The Morgan fingerprint density at radius 1 is 1.22 bits per heavy atom. The molecule has 1 aliphatic heterocycles. The fraction of sp³-hybridized carbons (Fsp3) is 0.294. The first-order chi connectivity index (χ1) is 11.0. The molecule has 0 saturated carbocycles. The van der Waals surface area contributed by atoms with Gasteiger partial charge in [-0.05, 0) is 42.5 Å². The van der Waals surface area contributed by atoms with Crippen LogP contribution in [-0.4, -0.2) is 11.9 Å². The molecule has 2 heterocycles. The normalized spacial score (nSPS) is 15.5. The van der Waals surface area contributed by atoms with Crippen molar-refractivity contribution in [2.75, 3.05) is 5.32 Å². The molecule has 1 aromatic heterocycles. The number of rotatable bonds is 4. The number of carbonyl (C=O) groups excluding carboxylic acids is 2. The van der Waals surface area contributed by atoms with Crippen LogP contribution in [0.15, 0.2) is 35.7 Å². The van der Waals surface area contributed by atoms with Crippen LogP contribution in [0.4, 0.5) is 10.5 Å². The molecule has 3 N–H and O–H groups in total. The summed E-state index contributed by atoms with van der Waals surface area (Å²) < 4.78 is 0. The zero-order valence-corrected chi connectivity index (χ0v) is 13.9. The van der Waals surface area contributed by atoms with E-state index in [0.717, 1.165) is 21.7 Å². The molecule has 6 heteroatoms. The van der Waals surface area contributed by atoms with E-state index in [0.29, 0.717) is 6.42 Å². The van der Waals surface area contributed by atoms with Crippen molar-refractivity contribution in [3.05, 3.63) is 51.7 Å². The summed E-state index contributed by atoms with van der Waals surface area (Å²) in [5.41, 5.74) is 2.83. The van der Waals surface area contributed by atoms with Gasteiger partial charge in [0, 0.05) is 10.6 Å². The Morgan fingerprint density at radius 3 is 2.74 bits per heavy atom. The van der Waals surface area contributed by atoms with Crippen LogP contribution in [0, 0.1) is 0 Å². The van der Waals surface area contributed by atoms with Crippen LogP contribution in [0.3, 0.4) is 0 Å². The van der Waals surface area contributed by atoms with Gasteiger partial charge in [0.25, 0.3) is 0 Å². The third-order valence-electron chi connectivity index (χ3n) is 3.92. The number of nitrogens with one attached hydrogen (secondary N) is 3. The van der Waals surface area contributed by atoms with E-state index in [1.165, 1.54) is 0 Å². The minimum atomic E-state index is -0.201. The first-order valence-electron chi connectivity index (χ1n) is 7.56. The first-order valence-corrected chi connectivity index (χ1v) is 8.44. The highest BCUT2D eigenvalue weighted by Gasteiger charge is 2.19. The zero-order valence-electron chi connectivity index (χ0n) is 13.1. The smallest absolute Gasteiger partial charge is 0.315 e. The second-order valence-electron chi connectivity index (χ2n) is 5.72. The first kappa shape index (κ1) is 15.6. The molecule has 23 heavy (non-hydrogen) atoms. The van der Waals surface area contributed by atoms with Gasteiger partial charge in [-0.15, -0.1) is 11.3 Å². The van der Waals surface area contributed by atoms with E-state index in [4.69, 9.17) is 0 Å². The molecule has 1 aromatic carbocycles. The number of fused-ring (bicyclic) bond motifs is 1. The minimum Gasteiger partial charge on any atom is -0.332 e. The molecule has 0 spiro atoms. The number of amides is 3. The predicted octanol–water partition coefficient (Wildman–Crippen LogP) is 3.36. The standard InChI is InChI=1S/C17H19N3O2S/c1-10(12-5-6-14-13(8-12)9-16(21)20-14)18-17(22)19-11(2)15-4-3-7-23-15/h3-8,10-11H,9H2,1-2H3,(H,20,21)(H2,18,19,22)/t10-,11-/m0/s1. The molecule has 2 aromatic rings. The topological polar surface area (TPSA) is 70.2 Å². The molecule has 120 valence electrons. The van der Waals surface area contributed by atoms with Gasteiger partial charge in [-0.3, -0.25) is 4.79 Å². The summed E-state index contributed by atoms with van der Waals surface area (Å²) in [4.78, 5) is 24.7. The van der Waals surface area contributed by atoms with Crippen molar-refractivity contribution < 1.29 is 9.59 Å². The average Bonchev–Trinajstić information content (AvgIpc) is 3.14. The van der Waals surface area contributed by atoms with Crippen LogP contribution in [0.1, 0.15) is 41.9 Å². The van der Waals surface area contributed by atoms with Crippen LogP contribution in [-0.2, 0) is 11.2 Å². The van der Waals surface area contributed by atoms with Gasteiger partial charge >= 0.3 is 6.03 Å². The number of benzene rings is 1. The molecule has 5 nitrogen and oxygen atoms in total. The van der Waals surface area contributed by atoms with E-state index in [-0.39, 0.29) is 24.0 Å². The van der Waals surface area contributed by atoms with E-state index < -0.39 is 0 Å². The fourth-order valence-corrected chi connectivity index (χ4v) is 3.38. The highest BCUT2D eigenvalue weighted by Crippen LogP contribution is 2.26. The fourth-order valence-electron chi connectivity index (χ4n) is 2.65. The monoisotopic (exact) mass is 329 g/mol. The number of hydrogen-bond acceptors (Lipinski definition) is 3. The van der Waals surface area contributed by atoms with Gasteiger partial charge in [0.1, 0.15) is 0 Å². The van der Waals surface area contributed by atoms with E-state index in [1.807, 2.05) is 49.6 Å². The van der Waals surface area contributed by atoms with Crippen molar-refractivity contribution in [1.82, 2.24) is 10.6 Å². The third-order valence-corrected chi connectivity index (χ3v) is 4.97. The summed E-state index contributed by atoms with van der Waals surface area (Å²) in [5, 5.41) is 10.7. The number of thiophene rings is 1. The van der Waals surface area contributed by atoms with Crippen molar-refractivity contribution >= 4 is 29.0 Å². The highest BCUT2D eigenvalue weighted by molar-refractivity contribution is 7.10. The summed E-state index contributed by atoms with van der Waals surface area (Å²) in [6.45, 7) is 3.89. The SMILES string of the molecule is C[C@H](NC(=O)N[C@@H](C)c1cccs1)c1ccc2c(c1)CC(=O)N2. The van der Waals surface area contributed by atoms with Gasteiger partial charge < -0.3 is 16.0 Å². The molecule has 0 saturated heterocycles. The van der Waals surface area contributed by atoms with Crippen molar-refractivity contribution in [3.63, 3.8) is 0 Å². The maximum Gasteiger partial charge on any atom is 0.315 e. The van der Waals surface area contributed by atoms with Crippen LogP contribution in [0.25, 0.3) is 0 Å². The second kappa shape index (κ2) is 6.42. The number of carbonyl (C=O) groups is 2. The number of urea groups is 1. The Bertz CT molecular complexity index is 727. The van der Waals surface area contributed by atoms with E-state index in [9.17, 15) is 9.59 Å². The third kappa shape index (κ3) is 3.53. The molecule has 1 aliphatic rings. The molecule has 0 aliphatic carbocycles. The van der Waals surface area contributed by atoms with E-state index in [1.54, 1.807) is 11.3 Å². The van der Waals surface area contributed by atoms with Crippen LogP contribution < -0.4 is 16.0 Å². The minimum absolute atomic E-state index is 0.0141. The van der Waals surface area contributed by atoms with E-state index in [2.05, 4.69) is 16.0 Å². The van der Waals surface area contributed by atoms with Crippen LogP contribution in [0.2, 0.25) is 0 Å². The molecule has 3 rings (SSSR count). The van der Waals surface area contributed by atoms with Crippen molar-refractivity contribution in [2.45, 2.75) is 32.4 Å². The van der Waals surface area contributed by atoms with Crippen LogP contribution >= 0.6 is 11.3 Å². The average molecular weight is 329 g/mol. The van der Waals surface area contributed by atoms with Gasteiger partial charge in [-0.25, -0.2) is 4.79 Å². The van der Waals surface area contributed by atoms with E-state index >= 15 is 0 Å². The zero-order chi connectivity index (χ0) is 16.4. The lowest BCUT2D eigenvalue weighted by molar-refractivity contribution is -0.115. The molecule has 0 unspecified atom stereocenters. The van der Waals surface area contributed by atoms with Gasteiger partial charge in [0.15, 0.2) is 0 Å². The maximum atomic E-state index is 12.1. The number of anilines is 1. The summed E-state index contributed by atoms with van der Waals surface area (Å²) >= 11 is 1.62. The van der Waals surface area contributed by atoms with Crippen LogP contribution in [0.5, 0.6) is 0 Å². The van der Waals surface area contributed by atoms with Crippen molar-refractivity contribution in [2.24, 2.45) is 0 Å². The lowest BCUT2D eigenvalue weighted by Gasteiger charge is -2.18. The Hall–Kier alpha value is -2.34. The van der Waals surface area contributed by atoms with Gasteiger partial charge in [0.05, 0.1) is 18.5 Å². The summed E-state index contributed by atoms with van der Waals surface area (Å²) in [6.07, 6.45) is 0.400. The lowest BCUT2D eigenvalue weighted by Crippen LogP contribution is -2.38. The molecule has 0 fully saturated rings. The molecular formula is C17H19N3O2S. The Labute approximate surface area is 139 Å². The Kier molecular flexibility index (Phi) is 4.34. The van der Waals surface area contributed by atoms with Gasteiger partial charge in [-0.1, -0.05) is 18.2 Å². The predicted molar refractivity (Wildman–Crippen MR) is 91.6 cm³/mol. The summed E-state index contributed by atoms with van der Waals surface area (Å²) in [6, 6.07) is 9.41. The van der Waals surface area contributed by atoms with Crippen molar-refractivity contribution in [3.8, 4) is 0 Å². The lowest BCUT2D eigenvalue weighted by atomic mass is 10.0. The maximum absolute atomic E-state index is 12.1. The number of hydrogen-bond donors (Lipinski definition) is 3. The largest absolute Gasteiger partial charge is 0.332 e. The van der Waals surface area contributed by atoms with Crippen molar-refractivity contribution in [1.29, 1.82) is 0 Å². The summed E-state index contributed by atoms with van der Waals surface area (Å²) in [5.74, 6) is 0.0141. The Balaban J connectivity index is 1.61.